The molecule has 0 bridgehead atoms. The highest BCUT2D eigenvalue weighted by Crippen LogP contribution is 2.08. The highest BCUT2D eigenvalue weighted by Gasteiger charge is 2.21. The van der Waals surface area contributed by atoms with Crippen LogP contribution in [0.5, 0.6) is 0 Å². The van der Waals surface area contributed by atoms with Crippen LogP contribution >= 0.6 is 24.0 Å². The second-order valence-electron chi connectivity index (χ2n) is 7.50. The van der Waals surface area contributed by atoms with Gasteiger partial charge >= 0.3 is 0 Å². The van der Waals surface area contributed by atoms with Crippen LogP contribution < -0.4 is 16.0 Å². The Balaban J connectivity index is 0.00000450. The third kappa shape index (κ3) is 8.50. The van der Waals surface area contributed by atoms with Crippen molar-refractivity contribution in [3.63, 3.8) is 0 Å². The van der Waals surface area contributed by atoms with E-state index in [4.69, 9.17) is 4.42 Å². The summed E-state index contributed by atoms with van der Waals surface area (Å²) in [5, 5.41) is 9.14. The molecule has 0 aliphatic carbocycles. The van der Waals surface area contributed by atoms with Gasteiger partial charge in [-0.15, -0.1) is 24.0 Å². The van der Waals surface area contributed by atoms with Crippen molar-refractivity contribution < 1.29 is 14.0 Å². The minimum atomic E-state index is -0.186. The monoisotopic (exact) mass is 534 g/mol. The van der Waals surface area contributed by atoms with Gasteiger partial charge in [0.25, 0.3) is 5.91 Å². The van der Waals surface area contributed by atoms with Gasteiger partial charge in [0.2, 0.25) is 5.91 Å². The summed E-state index contributed by atoms with van der Waals surface area (Å²) in [6.07, 6.45) is 2.30. The lowest BCUT2D eigenvalue weighted by atomic mass is 10.2. The van der Waals surface area contributed by atoms with Gasteiger partial charge in [-0.1, -0.05) is 0 Å². The number of guanidine groups is 1. The average molecular weight is 534 g/mol. The second kappa shape index (κ2) is 13.5. The molecule has 0 atom stereocenters. The van der Waals surface area contributed by atoms with Crippen LogP contribution in [0.2, 0.25) is 0 Å². The Bertz CT molecular complexity index is 698. The molecular formula is C20H35IN6O3. The molecule has 0 unspecified atom stereocenters. The molecule has 1 aliphatic rings. The summed E-state index contributed by atoms with van der Waals surface area (Å²) < 4.78 is 5.19. The van der Waals surface area contributed by atoms with Crippen LogP contribution in [0.3, 0.4) is 0 Å². The molecule has 0 radical (unpaired) electrons. The highest BCUT2D eigenvalue weighted by molar-refractivity contribution is 14.0. The van der Waals surface area contributed by atoms with Crippen LogP contribution in [0.4, 0.5) is 0 Å². The number of halogens is 1. The SMILES string of the molecule is CN=C(NCCCNC(=O)c1occc1C)N1CCN(CC(=O)NC(C)C)CC1.I. The molecule has 10 heteroatoms. The Morgan fingerprint density at radius 3 is 2.40 bits per heavy atom. The predicted molar refractivity (Wildman–Crippen MR) is 128 cm³/mol. The summed E-state index contributed by atoms with van der Waals surface area (Å²) >= 11 is 0. The standard InChI is InChI=1S/C20H34N6O3.HI/c1-15(2)24-17(27)14-25-9-11-26(12-10-25)20(21-4)23-8-5-7-22-19(28)18-16(3)6-13-29-18;/h6,13,15H,5,7-12,14H2,1-4H3,(H,21,23)(H,22,28)(H,24,27);1H. The van der Waals surface area contributed by atoms with Gasteiger partial charge in [-0.25, -0.2) is 0 Å². The van der Waals surface area contributed by atoms with Gasteiger partial charge in [-0.3, -0.25) is 19.5 Å². The number of carbonyl (C=O) groups is 2. The number of aliphatic imine (C=N–C) groups is 1. The lowest BCUT2D eigenvalue weighted by molar-refractivity contribution is -0.123. The first-order valence-electron chi connectivity index (χ1n) is 10.2. The molecule has 30 heavy (non-hydrogen) atoms. The zero-order chi connectivity index (χ0) is 21.2. The van der Waals surface area contributed by atoms with Crippen LogP contribution in [0.25, 0.3) is 0 Å². The molecule has 3 N–H and O–H groups in total. The van der Waals surface area contributed by atoms with Crippen LogP contribution in [0.15, 0.2) is 21.7 Å². The van der Waals surface area contributed by atoms with Crippen LogP contribution in [-0.2, 0) is 4.79 Å². The summed E-state index contributed by atoms with van der Waals surface area (Å²) in [6, 6.07) is 1.94. The number of rotatable bonds is 8. The molecule has 170 valence electrons. The van der Waals surface area contributed by atoms with Crippen LogP contribution in [-0.4, -0.2) is 86.5 Å². The maximum absolute atomic E-state index is 12.0. The molecule has 0 spiro atoms. The first kappa shape index (κ1) is 26.2. The topological polar surface area (TPSA) is 102 Å². The van der Waals surface area contributed by atoms with Gasteiger partial charge < -0.3 is 25.3 Å². The number of aryl methyl sites for hydroxylation is 1. The van der Waals surface area contributed by atoms with Crippen molar-refractivity contribution >= 4 is 41.8 Å². The molecule has 1 aromatic rings. The van der Waals surface area contributed by atoms with Crippen molar-refractivity contribution in [2.24, 2.45) is 4.99 Å². The number of hydrogen-bond acceptors (Lipinski definition) is 5. The van der Waals surface area contributed by atoms with Crippen molar-refractivity contribution in [1.29, 1.82) is 0 Å². The van der Waals surface area contributed by atoms with Crippen molar-refractivity contribution in [2.75, 3.05) is 52.9 Å². The number of carbonyl (C=O) groups excluding carboxylic acids is 2. The van der Waals surface area contributed by atoms with E-state index >= 15 is 0 Å². The fourth-order valence-corrected chi connectivity index (χ4v) is 3.20. The molecule has 2 heterocycles. The van der Waals surface area contributed by atoms with Crippen LogP contribution in [0.1, 0.15) is 36.4 Å². The van der Waals surface area contributed by atoms with E-state index in [9.17, 15) is 9.59 Å². The van der Waals surface area contributed by atoms with E-state index < -0.39 is 0 Å². The Kier molecular flexibility index (Phi) is 11.8. The van der Waals surface area contributed by atoms with Crippen molar-refractivity contribution in [3.8, 4) is 0 Å². The fourth-order valence-electron chi connectivity index (χ4n) is 3.20. The third-order valence-corrected chi connectivity index (χ3v) is 4.69. The summed E-state index contributed by atoms with van der Waals surface area (Å²) in [6.45, 7) is 10.8. The molecule has 2 amide bonds. The number of hydrogen-bond donors (Lipinski definition) is 3. The van der Waals surface area contributed by atoms with E-state index in [2.05, 4.69) is 30.7 Å². The van der Waals surface area contributed by atoms with Crippen LogP contribution in [0, 0.1) is 6.92 Å². The maximum Gasteiger partial charge on any atom is 0.287 e. The number of piperazine rings is 1. The van der Waals surface area contributed by atoms with E-state index in [1.165, 1.54) is 6.26 Å². The zero-order valence-corrected chi connectivity index (χ0v) is 20.7. The maximum atomic E-state index is 12.0. The molecule has 1 fully saturated rings. The van der Waals surface area contributed by atoms with E-state index in [1.54, 1.807) is 13.1 Å². The number of amides is 2. The summed E-state index contributed by atoms with van der Waals surface area (Å²) in [4.78, 5) is 32.6. The van der Waals surface area contributed by atoms with Crippen molar-refractivity contribution in [1.82, 2.24) is 25.8 Å². The second-order valence-corrected chi connectivity index (χ2v) is 7.50. The Hall–Kier alpha value is -1.82. The quantitative estimate of drug-likeness (QED) is 0.200. The molecule has 1 aromatic heterocycles. The predicted octanol–water partition coefficient (Wildman–Crippen LogP) is 1.04. The third-order valence-electron chi connectivity index (χ3n) is 4.69. The minimum absolute atomic E-state index is 0. The Morgan fingerprint density at radius 1 is 1.17 bits per heavy atom. The molecule has 2 rings (SSSR count). The van der Waals surface area contributed by atoms with E-state index in [1.807, 2.05) is 20.8 Å². The van der Waals surface area contributed by atoms with E-state index in [-0.39, 0.29) is 41.8 Å². The molecule has 1 aliphatic heterocycles. The zero-order valence-electron chi connectivity index (χ0n) is 18.4. The highest BCUT2D eigenvalue weighted by atomic mass is 127. The van der Waals surface area contributed by atoms with Gasteiger partial charge in [0.15, 0.2) is 11.7 Å². The normalized spacial score (nSPS) is 15.0. The van der Waals surface area contributed by atoms with E-state index in [0.29, 0.717) is 25.4 Å². The lowest BCUT2D eigenvalue weighted by Gasteiger charge is -2.36. The number of nitrogens with zero attached hydrogens (tertiary/aromatic N) is 3. The number of nitrogens with one attached hydrogen (secondary N) is 3. The summed E-state index contributed by atoms with van der Waals surface area (Å²) in [5.74, 6) is 1.11. The van der Waals surface area contributed by atoms with Crippen molar-refractivity contribution in [2.45, 2.75) is 33.2 Å². The van der Waals surface area contributed by atoms with Gasteiger partial charge in [0, 0.05) is 57.9 Å². The Labute approximate surface area is 196 Å². The first-order chi connectivity index (χ1) is 13.9. The minimum Gasteiger partial charge on any atom is -0.459 e. The smallest absolute Gasteiger partial charge is 0.287 e. The molecule has 0 saturated carbocycles. The van der Waals surface area contributed by atoms with Gasteiger partial charge in [0.1, 0.15) is 0 Å². The van der Waals surface area contributed by atoms with E-state index in [0.717, 1.165) is 44.1 Å². The summed E-state index contributed by atoms with van der Waals surface area (Å²) in [7, 11) is 1.77. The molecule has 1 saturated heterocycles. The van der Waals surface area contributed by atoms with Gasteiger partial charge in [-0.05, 0) is 33.3 Å². The average Bonchev–Trinajstić information content (AvgIpc) is 3.10. The Morgan fingerprint density at radius 2 is 1.83 bits per heavy atom. The first-order valence-corrected chi connectivity index (χ1v) is 10.2. The fraction of sp³-hybridized carbons (Fsp3) is 0.650. The summed E-state index contributed by atoms with van der Waals surface area (Å²) in [5.41, 5.74) is 0.835. The lowest BCUT2D eigenvalue weighted by Crippen LogP contribution is -2.54. The molecular weight excluding hydrogens is 499 g/mol. The largest absolute Gasteiger partial charge is 0.459 e. The number of furan rings is 1. The van der Waals surface area contributed by atoms with Gasteiger partial charge in [-0.2, -0.15) is 0 Å². The molecule has 0 aromatic carbocycles. The van der Waals surface area contributed by atoms with Crippen molar-refractivity contribution in [3.05, 3.63) is 23.7 Å². The van der Waals surface area contributed by atoms with Gasteiger partial charge in [0.05, 0.1) is 12.8 Å². The molecule has 9 nitrogen and oxygen atoms in total.